The Labute approximate surface area is 214 Å². The Morgan fingerprint density at radius 3 is 2.64 bits per heavy atom. The van der Waals surface area contributed by atoms with Crippen LogP contribution in [0.5, 0.6) is 0 Å². The van der Waals surface area contributed by atoms with Crippen LogP contribution in [0.15, 0.2) is 81.0 Å². The van der Waals surface area contributed by atoms with E-state index in [1.165, 1.54) is 21.8 Å². The fourth-order valence-electron chi connectivity index (χ4n) is 5.21. The molecule has 0 spiro atoms. The van der Waals surface area contributed by atoms with Gasteiger partial charge in [0, 0.05) is 45.7 Å². The molecular weight excluding hydrogens is 464 g/mol. The molecule has 36 heavy (non-hydrogen) atoms. The second-order valence-corrected chi connectivity index (χ2v) is 10.9. The molecule has 5 aromatic rings. The first-order chi connectivity index (χ1) is 17.5. The molecule has 2 aromatic heterocycles. The van der Waals surface area contributed by atoms with Crippen LogP contribution in [0.2, 0.25) is 0 Å². The Bertz CT molecular complexity index is 1700. The van der Waals surface area contributed by atoms with Crippen molar-refractivity contribution >= 4 is 62.6 Å². The lowest BCUT2D eigenvalue weighted by Crippen LogP contribution is -2.29. The summed E-state index contributed by atoms with van der Waals surface area (Å²) in [6, 6.07) is 23.0. The van der Waals surface area contributed by atoms with Gasteiger partial charge in [0.25, 0.3) is 5.52 Å². The zero-order chi connectivity index (χ0) is 24.8. The molecule has 0 aliphatic carbocycles. The summed E-state index contributed by atoms with van der Waals surface area (Å²) in [5, 5.41) is 2.45. The van der Waals surface area contributed by atoms with E-state index >= 15 is 0 Å². The number of para-hydroxylation sites is 3. The highest BCUT2D eigenvalue weighted by Crippen LogP contribution is 2.38. The van der Waals surface area contributed by atoms with E-state index in [4.69, 9.17) is 4.42 Å². The standard InChI is InChI=1S/C31H29N2O2S/c1-20-9-8-10-22(19-30-33(3)27-13-6-7-14-28(27)35-30)36-29(31(20)34)18-21-15-16-26-24(17-21)23-11-4-5-12-25(23)32(26)2/h4-7,11-20H,8-10H2,1-3H3/q+1. The van der Waals surface area contributed by atoms with Gasteiger partial charge in [-0.3, -0.25) is 4.79 Å². The fraction of sp³-hybridized carbons (Fsp3) is 0.226. The van der Waals surface area contributed by atoms with Gasteiger partial charge in [0.1, 0.15) is 7.05 Å². The quantitative estimate of drug-likeness (QED) is 0.190. The molecule has 1 saturated heterocycles. The molecule has 0 N–H and O–H groups in total. The molecule has 0 bridgehead atoms. The molecule has 5 heteroatoms. The number of carbonyl (C=O) groups excluding carboxylic acids is 1. The first kappa shape index (κ1) is 22.9. The third kappa shape index (κ3) is 3.97. The van der Waals surface area contributed by atoms with Gasteiger partial charge in [0.15, 0.2) is 5.78 Å². The first-order valence-corrected chi connectivity index (χ1v) is 13.3. The number of ketones is 1. The average Bonchev–Trinajstić information content (AvgIpc) is 3.36. The molecule has 3 heterocycles. The summed E-state index contributed by atoms with van der Waals surface area (Å²) in [7, 11) is 4.13. The molecule has 6 rings (SSSR count). The topological polar surface area (TPSA) is 39.0 Å². The minimum atomic E-state index is 0.0221. The maximum Gasteiger partial charge on any atom is 0.374 e. The molecule has 1 atom stereocenters. The minimum Gasteiger partial charge on any atom is -0.398 e. The lowest BCUT2D eigenvalue weighted by molar-refractivity contribution is -0.652. The molecule has 0 amide bonds. The smallest absolute Gasteiger partial charge is 0.374 e. The Balaban J connectivity index is 1.42. The van der Waals surface area contributed by atoms with E-state index in [1.807, 2.05) is 25.2 Å². The van der Waals surface area contributed by atoms with E-state index in [9.17, 15) is 4.79 Å². The van der Waals surface area contributed by atoms with E-state index < -0.39 is 0 Å². The molecule has 0 radical (unpaired) electrons. The van der Waals surface area contributed by atoms with E-state index in [0.29, 0.717) is 0 Å². The Kier molecular flexibility index (Phi) is 5.81. The van der Waals surface area contributed by atoms with Crippen LogP contribution in [0.4, 0.5) is 0 Å². The highest BCUT2D eigenvalue weighted by molar-refractivity contribution is 8.07. The largest absolute Gasteiger partial charge is 0.398 e. The van der Waals surface area contributed by atoms with E-state index in [1.54, 1.807) is 11.8 Å². The minimum absolute atomic E-state index is 0.0221. The van der Waals surface area contributed by atoms with Crippen molar-refractivity contribution in [2.45, 2.75) is 26.2 Å². The van der Waals surface area contributed by atoms with Gasteiger partial charge < -0.3 is 8.98 Å². The van der Waals surface area contributed by atoms with Crippen LogP contribution in [0.3, 0.4) is 0 Å². The van der Waals surface area contributed by atoms with Gasteiger partial charge in [-0.2, -0.15) is 4.57 Å². The van der Waals surface area contributed by atoms with Gasteiger partial charge >= 0.3 is 5.89 Å². The summed E-state index contributed by atoms with van der Waals surface area (Å²) in [6.07, 6.45) is 6.99. The fourth-order valence-corrected chi connectivity index (χ4v) is 6.40. The van der Waals surface area contributed by atoms with Crippen molar-refractivity contribution in [3.05, 3.63) is 88.0 Å². The van der Waals surface area contributed by atoms with Crippen molar-refractivity contribution in [3.8, 4) is 0 Å². The van der Waals surface area contributed by atoms with E-state index in [-0.39, 0.29) is 11.7 Å². The number of carbonyl (C=O) groups is 1. The van der Waals surface area contributed by atoms with Gasteiger partial charge in [0.05, 0.1) is 11.0 Å². The number of thioether (sulfide) groups is 1. The van der Waals surface area contributed by atoms with Crippen molar-refractivity contribution in [2.75, 3.05) is 0 Å². The molecule has 1 fully saturated rings. The molecular formula is C31H29N2O2S+. The Morgan fingerprint density at radius 2 is 1.78 bits per heavy atom. The first-order valence-electron chi connectivity index (χ1n) is 12.5. The number of hydrogen-bond donors (Lipinski definition) is 0. The van der Waals surface area contributed by atoms with Crippen LogP contribution in [0.1, 0.15) is 37.6 Å². The number of aryl methyl sites for hydroxylation is 2. The van der Waals surface area contributed by atoms with Gasteiger partial charge in [-0.05, 0) is 55.2 Å². The summed E-state index contributed by atoms with van der Waals surface area (Å²) >= 11 is 1.59. The summed E-state index contributed by atoms with van der Waals surface area (Å²) in [5.41, 5.74) is 5.39. The lowest BCUT2D eigenvalue weighted by atomic mass is 9.97. The summed E-state index contributed by atoms with van der Waals surface area (Å²) in [4.78, 5) is 15.4. The van der Waals surface area contributed by atoms with Crippen molar-refractivity contribution in [1.29, 1.82) is 0 Å². The SMILES string of the molecule is CC1CCCC(=Cc2oc3ccccc3[n+]2C)SC(=Cc2ccc3c(c2)c2ccccc2n3C)C1=O. The normalized spacial score (nSPS) is 19.5. The van der Waals surface area contributed by atoms with Gasteiger partial charge in [0.2, 0.25) is 5.58 Å². The number of fused-ring (bicyclic) bond motifs is 4. The van der Waals surface area contributed by atoms with Crippen LogP contribution in [0, 0.1) is 5.92 Å². The monoisotopic (exact) mass is 493 g/mol. The zero-order valence-electron chi connectivity index (χ0n) is 20.8. The summed E-state index contributed by atoms with van der Waals surface area (Å²) < 4.78 is 10.4. The predicted molar refractivity (Wildman–Crippen MR) is 149 cm³/mol. The molecule has 0 saturated carbocycles. The van der Waals surface area contributed by atoms with Gasteiger partial charge in [-0.1, -0.05) is 55.1 Å². The number of oxazole rings is 1. The molecule has 180 valence electrons. The third-order valence-electron chi connectivity index (χ3n) is 7.28. The van der Waals surface area contributed by atoms with Crippen molar-refractivity contribution in [3.63, 3.8) is 0 Å². The zero-order valence-corrected chi connectivity index (χ0v) is 21.6. The highest BCUT2D eigenvalue weighted by atomic mass is 32.2. The van der Waals surface area contributed by atoms with Crippen molar-refractivity contribution < 1.29 is 13.8 Å². The van der Waals surface area contributed by atoms with Crippen molar-refractivity contribution in [1.82, 2.24) is 4.57 Å². The highest BCUT2D eigenvalue weighted by Gasteiger charge is 2.24. The summed E-state index contributed by atoms with van der Waals surface area (Å²) in [5.74, 6) is 1.04. The van der Waals surface area contributed by atoms with E-state index in [2.05, 4.69) is 83.8 Å². The molecule has 4 nitrogen and oxygen atoms in total. The number of allylic oxidation sites excluding steroid dienone is 2. The molecule has 1 aliphatic heterocycles. The second kappa shape index (κ2) is 9.14. The third-order valence-corrected chi connectivity index (χ3v) is 8.41. The van der Waals surface area contributed by atoms with Crippen LogP contribution >= 0.6 is 11.8 Å². The van der Waals surface area contributed by atoms with E-state index in [0.717, 1.165) is 51.6 Å². The maximum atomic E-state index is 13.4. The predicted octanol–water partition coefficient (Wildman–Crippen LogP) is 7.41. The molecule has 3 aromatic carbocycles. The lowest BCUT2D eigenvalue weighted by Gasteiger charge is -2.18. The number of aromatic nitrogens is 2. The number of Topliss-reactive ketones (excluding diaryl/α,β-unsaturated/α-hetero) is 1. The Morgan fingerprint density at radius 1 is 1.00 bits per heavy atom. The van der Waals surface area contributed by atoms with Crippen LogP contribution < -0.4 is 4.57 Å². The number of benzene rings is 3. The van der Waals surface area contributed by atoms with Crippen LogP contribution in [0.25, 0.3) is 45.1 Å². The van der Waals surface area contributed by atoms with Gasteiger partial charge in [-0.25, -0.2) is 0 Å². The molecule has 1 aliphatic rings. The molecule has 1 unspecified atom stereocenters. The number of nitrogens with zero attached hydrogens (tertiary/aromatic N) is 2. The number of hydrogen-bond acceptors (Lipinski definition) is 3. The van der Waals surface area contributed by atoms with Crippen LogP contribution in [-0.2, 0) is 18.9 Å². The summed E-state index contributed by atoms with van der Waals surface area (Å²) in [6.45, 7) is 2.05. The number of rotatable bonds is 2. The van der Waals surface area contributed by atoms with Gasteiger partial charge in [-0.15, -0.1) is 0 Å². The average molecular weight is 494 g/mol. The van der Waals surface area contributed by atoms with Crippen LogP contribution in [-0.4, -0.2) is 10.4 Å². The second-order valence-electron chi connectivity index (χ2n) is 9.70. The Hall–Kier alpha value is -3.57. The van der Waals surface area contributed by atoms with Crippen molar-refractivity contribution in [2.24, 2.45) is 20.0 Å². The maximum absolute atomic E-state index is 13.4.